The molecule has 0 amide bonds. The lowest BCUT2D eigenvalue weighted by Gasteiger charge is -2.13. The predicted octanol–water partition coefficient (Wildman–Crippen LogP) is 3.33. The van der Waals surface area contributed by atoms with Crippen LogP contribution in [0, 0.1) is 0 Å². The molecular formula is C16H17NO4. The molecule has 0 saturated carbocycles. The van der Waals surface area contributed by atoms with Crippen LogP contribution in [0.1, 0.15) is 22.8 Å². The second-order valence-corrected chi connectivity index (χ2v) is 4.46. The third kappa shape index (κ3) is 3.08. The highest BCUT2D eigenvalue weighted by molar-refractivity contribution is 5.95. The first-order chi connectivity index (χ1) is 10.1. The number of carboxylic acid groups (broad SMARTS) is 1. The lowest BCUT2D eigenvalue weighted by atomic mass is 10.1. The fourth-order valence-corrected chi connectivity index (χ4v) is 1.95. The van der Waals surface area contributed by atoms with E-state index in [1.54, 1.807) is 25.3 Å². The molecule has 0 radical (unpaired) electrons. The van der Waals surface area contributed by atoms with E-state index in [1.807, 2.05) is 19.1 Å². The molecular weight excluding hydrogens is 270 g/mol. The molecule has 2 aromatic rings. The molecule has 0 spiro atoms. The van der Waals surface area contributed by atoms with Crippen LogP contribution < -0.4 is 15.2 Å². The minimum absolute atomic E-state index is 0.0108. The molecule has 21 heavy (non-hydrogen) atoms. The fraction of sp³-hybridized carbons (Fsp3) is 0.188. The molecule has 0 aliphatic rings. The number of aromatic carboxylic acids is 1. The maximum absolute atomic E-state index is 11.1. The monoisotopic (exact) mass is 287 g/mol. The molecule has 5 heteroatoms. The van der Waals surface area contributed by atoms with Gasteiger partial charge in [-0.25, -0.2) is 4.79 Å². The van der Waals surface area contributed by atoms with Gasteiger partial charge in [0.1, 0.15) is 0 Å². The van der Waals surface area contributed by atoms with Crippen molar-refractivity contribution in [1.29, 1.82) is 0 Å². The number of hydrogen-bond acceptors (Lipinski definition) is 4. The third-order valence-corrected chi connectivity index (χ3v) is 3.15. The fourth-order valence-electron chi connectivity index (χ4n) is 1.95. The van der Waals surface area contributed by atoms with Crippen LogP contribution in [-0.4, -0.2) is 18.2 Å². The van der Waals surface area contributed by atoms with Crippen LogP contribution in [0.4, 0.5) is 5.69 Å². The van der Waals surface area contributed by atoms with Crippen molar-refractivity contribution in [2.75, 3.05) is 12.8 Å². The van der Waals surface area contributed by atoms with E-state index < -0.39 is 5.97 Å². The predicted molar refractivity (Wildman–Crippen MR) is 80.3 cm³/mol. The minimum Gasteiger partial charge on any atom is -0.493 e. The van der Waals surface area contributed by atoms with E-state index in [1.165, 1.54) is 6.07 Å². The smallest absolute Gasteiger partial charge is 0.337 e. The van der Waals surface area contributed by atoms with Crippen LogP contribution in [0.5, 0.6) is 17.2 Å². The van der Waals surface area contributed by atoms with Crippen molar-refractivity contribution in [3.63, 3.8) is 0 Å². The molecule has 0 bridgehead atoms. The second kappa shape index (κ2) is 6.17. The number of benzene rings is 2. The SMILES string of the molecule is CCc1ccc(Oc2cccc(C(=O)O)c2N)c(OC)c1. The summed E-state index contributed by atoms with van der Waals surface area (Å²) in [4.78, 5) is 11.1. The molecule has 0 unspecified atom stereocenters. The number of nitrogens with two attached hydrogens (primary N) is 1. The first-order valence-corrected chi connectivity index (χ1v) is 6.53. The van der Waals surface area contributed by atoms with E-state index in [4.69, 9.17) is 20.3 Å². The Bertz CT molecular complexity index is 667. The van der Waals surface area contributed by atoms with Crippen LogP contribution in [-0.2, 0) is 6.42 Å². The van der Waals surface area contributed by atoms with Gasteiger partial charge in [-0.2, -0.15) is 0 Å². The van der Waals surface area contributed by atoms with Crippen molar-refractivity contribution < 1.29 is 19.4 Å². The van der Waals surface area contributed by atoms with Gasteiger partial charge >= 0.3 is 5.97 Å². The standard InChI is InChI=1S/C16H17NO4/c1-3-10-7-8-12(14(9-10)20-2)21-13-6-4-5-11(15(13)17)16(18)19/h4-9H,3,17H2,1-2H3,(H,18,19). The minimum atomic E-state index is -1.09. The summed E-state index contributed by atoms with van der Waals surface area (Å²) in [7, 11) is 1.55. The van der Waals surface area contributed by atoms with Gasteiger partial charge in [0.25, 0.3) is 0 Å². The van der Waals surface area contributed by atoms with Gasteiger partial charge in [-0.15, -0.1) is 0 Å². The van der Waals surface area contributed by atoms with Crippen LogP contribution in [0.3, 0.4) is 0 Å². The lowest BCUT2D eigenvalue weighted by molar-refractivity contribution is 0.0697. The highest BCUT2D eigenvalue weighted by Gasteiger charge is 2.14. The molecule has 3 N–H and O–H groups in total. The lowest BCUT2D eigenvalue weighted by Crippen LogP contribution is -2.04. The van der Waals surface area contributed by atoms with E-state index in [2.05, 4.69) is 0 Å². The highest BCUT2D eigenvalue weighted by atomic mass is 16.5. The zero-order valence-corrected chi connectivity index (χ0v) is 11.9. The Morgan fingerprint density at radius 3 is 2.57 bits per heavy atom. The van der Waals surface area contributed by atoms with Gasteiger partial charge in [0.15, 0.2) is 17.2 Å². The average molecular weight is 287 g/mol. The summed E-state index contributed by atoms with van der Waals surface area (Å²) >= 11 is 0. The Hall–Kier alpha value is -2.69. The first-order valence-electron chi connectivity index (χ1n) is 6.53. The molecule has 2 aromatic carbocycles. The van der Waals surface area contributed by atoms with Crippen LogP contribution in [0.25, 0.3) is 0 Å². The van der Waals surface area contributed by atoms with Crippen molar-refractivity contribution >= 4 is 11.7 Å². The van der Waals surface area contributed by atoms with Crippen LogP contribution in [0.2, 0.25) is 0 Å². The van der Waals surface area contributed by atoms with E-state index >= 15 is 0 Å². The van der Waals surface area contributed by atoms with Crippen molar-refractivity contribution in [2.45, 2.75) is 13.3 Å². The molecule has 110 valence electrons. The molecule has 0 aliphatic carbocycles. The summed E-state index contributed by atoms with van der Waals surface area (Å²) in [5.74, 6) is 0.266. The second-order valence-electron chi connectivity index (χ2n) is 4.46. The zero-order valence-electron chi connectivity index (χ0n) is 11.9. The van der Waals surface area contributed by atoms with Crippen LogP contribution >= 0.6 is 0 Å². The third-order valence-electron chi connectivity index (χ3n) is 3.15. The summed E-state index contributed by atoms with van der Waals surface area (Å²) in [6.07, 6.45) is 0.882. The summed E-state index contributed by atoms with van der Waals surface area (Å²) in [5, 5.41) is 9.07. The van der Waals surface area contributed by atoms with E-state index in [9.17, 15) is 4.79 Å². The van der Waals surface area contributed by atoms with Gasteiger partial charge in [-0.3, -0.25) is 0 Å². The van der Waals surface area contributed by atoms with E-state index in [0.717, 1.165) is 12.0 Å². The van der Waals surface area contributed by atoms with Crippen molar-refractivity contribution in [2.24, 2.45) is 0 Å². The number of ether oxygens (including phenoxy) is 2. The maximum atomic E-state index is 11.1. The van der Waals surface area contributed by atoms with Crippen molar-refractivity contribution in [3.8, 4) is 17.2 Å². The topological polar surface area (TPSA) is 81.8 Å². The van der Waals surface area contributed by atoms with Crippen molar-refractivity contribution in [3.05, 3.63) is 47.5 Å². The number of carbonyl (C=O) groups is 1. The number of anilines is 1. The van der Waals surface area contributed by atoms with Crippen molar-refractivity contribution in [1.82, 2.24) is 0 Å². The van der Waals surface area contributed by atoms with Gasteiger partial charge in [-0.05, 0) is 36.2 Å². The zero-order chi connectivity index (χ0) is 15.4. The Morgan fingerprint density at radius 1 is 1.19 bits per heavy atom. The number of methoxy groups -OCH3 is 1. The Labute approximate surface area is 122 Å². The molecule has 5 nitrogen and oxygen atoms in total. The molecule has 2 rings (SSSR count). The van der Waals surface area contributed by atoms with Gasteiger partial charge in [0, 0.05) is 0 Å². The molecule has 0 atom stereocenters. The number of para-hydroxylation sites is 1. The van der Waals surface area contributed by atoms with Crippen LogP contribution in [0.15, 0.2) is 36.4 Å². The number of aryl methyl sites for hydroxylation is 1. The average Bonchev–Trinajstić information content (AvgIpc) is 2.49. The summed E-state index contributed by atoms with van der Waals surface area (Å²) in [6.45, 7) is 2.05. The number of hydrogen-bond donors (Lipinski definition) is 2. The quantitative estimate of drug-likeness (QED) is 0.824. The highest BCUT2D eigenvalue weighted by Crippen LogP contribution is 2.36. The molecule has 0 aromatic heterocycles. The number of rotatable bonds is 5. The summed E-state index contributed by atoms with van der Waals surface area (Å²) in [5.41, 5.74) is 7.05. The summed E-state index contributed by atoms with van der Waals surface area (Å²) < 4.78 is 11.0. The van der Waals surface area contributed by atoms with Gasteiger partial charge in [0.2, 0.25) is 0 Å². The number of carboxylic acids is 1. The summed E-state index contributed by atoms with van der Waals surface area (Å²) in [6, 6.07) is 10.2. The molecule has 0 saturated heterocycles. The molecule has 0 aliphatic heterocycles. The molecule has 0 heterocycles. The van der Waals surface area contributed by atoms with E-state index in [-0.39, 0.29) is 17.0 Å². The normalized spacial score (nSPS) is 10.2. The van der Waals surface area contributed by atoms with E-state index in [0.29, 0.717) is 11.5 Å². The maximum Gasteiger partial charge on any atom is 0.337 e. The van der Waals surface area contributed by atoms with Gasteiger partial charge in [-0.1, -0.05) is 19.1 Å². The number of nitrogen functional groups attached to an aromatic ring is 1. The molecule has 0 fully saturated rings. The van der Waals surface area contributed by atoms with Gasteiger partial charge in [0.05, 0.1) is 18.4 Å². The Balaban J connectivity index is 2.38. The van der Waals surface area contributed by atoms with Gasteiger partial charge < -0.3 is 20.3 Å². The Kier molecular flexibility index (Phi) is 4.33. The first kappa shape index (κ1) is 14.7. The largest absolute Gasteiger partial charge is 0.493 e. The Morgan fingerprint density at radius 2 is 1.95 bits per heavy atom.